The van der Waals surface area contributed by atoms with Crippen molar-refractivity contribution in [3.63, 3.8) is 0 Å². The summed E-state index contributed by atoms with van der Waals surface area (Å²) < 4.78 is 3.09. The molecule has 1 atom stereocenters. The van der Waals surface area contributed by atoms with Crippen molar-refractivity contribution in [3.8, 4) is 0 Å². The van der Waals surface area contributed by atoms with Gasteiger partial charge in [-0.3, -0.25) is 0 Å². The molecule has 0 fully saturated rings. The van der Waals surface area contributed by atoms with Gasteiger partial charge in [0.05, 0.1) is 17.1 Å². The summed E-state index contributed by atoms with van der Waals surface area (Å²) in [6, 6.07) is 14.0. The van der Waals surface area contributed by atoms with E-state index in [1.165, 1.54) is 5.56 Å². The summed E-state index contributed by atoms with van der Waals surface area (Å²) in [7, 11) is 2.01. The maximum Gasteiger partial charge on any atom is 0.168 e. The summed E-state index contributed by atoms with van der Waals surface area (Å²) >= 11 is 4.98. The summed E-state index contributed by atoms with van der Waals surface area (Å²) in [6.07, 6.45) is -0.500. The molecule has 114 valence electrons. The molecule has 0 spiro atoms. The topological polar surface area (TPSA) is 38.1 Å². The fourth-order valence-electron chi connectivity index (χ4n) is 2.35. The van der Waals surface area contributed by atoms with Gasteiger partial charge in [0.15, 0.2) is 5.16 Å². The molecule has 3 nitrogen and oxygen atoms in total. The molecule has 3 aromatic rings. The quantitative estimate of drug-likeness (QED) is 0.682. The summed E-state index contributed by atoms with van der Waals surface area (Å²) in [5.74, 6) is 0.581. The second kappa shape index (κ2) is 6.44. The first-order valence-electron chi connectivity index (χ1n) is 7.04. The third-order valence-electron chi connectivity index (χ3n) is 3.62. The minimum atomic E-state index is -0.500. The zero-order valence-electron chi connectivity index (χ0n) is 12.5. The fraction of sp³-hybridized carbons (Fsp3) is 0.235. The summed E-state index contributed by atoms with van der Waals surface area (Å²) in [4.78, 5) is 4.66. The molecule has 0 amide bonds. The van der Waals surface area contributed by atoms with Gasteiger partial charge in [-0.15, -0.1) is 0 Å². The molecule has 0 saturated heterocycles. The van der Waals surface area contributed by atoms with Gasteiger partial charge in [-0.1, -0.05) is 45.9 Å². The van der Waals surface area contributed by atoms with Gasteiger partial charge >= 0.3 is 0 Å². The number of benzene rings is 2. The van der Waals surface area contributed by atoms with Crippen LogP contribution in [-0.2, 0) is 7.05 Å². The number of aliphatic hydroxyl groups excluding tert-OH is 1. The molecule has 0 aliphatic heterocycles. The standard InChI is InChI=1S/C17H17BrN2OS/c1-11-3-8-15-14(9-11)19-17(20(15)2)22-10-16(21)12-4-6-13(18)7-5-12/h3-9,16,21H,10H2,1-2H3/t16-/m1/s1. The van der Waals surface area contributed by atoms with Gasteiger partial charge in [0, 0.05) is 17.3 Å². The van der Waals surface area contributed by atoms with Crippen LogP contribution in [0.1, 0.15) is 17.2 Å². The van der Waals surface area contributed by atoms with Gasteiger partial charge in [0.1, 0.15) is 0 Å². The lowest BCUT2D eigenvalue weighted by molar-refractivity contribution is 0.204. The zero-order valence-corrected chi connectivity index (χ0v) is 14.9. The Bertz CT molecular complexity index is 798. The Kier molecular flexibility index (Phi) is 4.57. The highest BCUT2D eigenvalue weighted by atomic mass is 79.9. The number of aromatic nitrogens is 2. The smallest absolute Gasteiger partial charge is 0.168 e. The third-order valence-corrected chi connectivity index (χ3v) is 5.25. The molecule has 0 radical (unpaired) electrons. The maximum atomic E-state index is 10.3. The van der Waals surface area contributed by atoms with Crippen LogP contribution in [0.2, 0.25) is 0 Å². The van der Waals surface area contributed by atoms with Crippen molar-refractivity contribution in [1.82, 2.24) is 9.55 Å². The lowest BCUT2D eigenvalue weighted by Crippen LogP contribution is -2.01. The first-order chi connectivity index (χ1) is 10.5. The number of hydrogen-bond acceptors (Lipinski definition) is 3. The van der Waals surface area contributed by atoms with E-state index < -0.39 is 6.10 Å². The molecule has 22 heavy (non-hydrogen) atoms. The highest BCUT2D eigenvalue weighted by Gasteiger charge is 2.12. The minimum Gasteiger partial charge on any atom is -0.388 e. The number of aliphatic hydroxyl groups is 1. The molecular weight excluding hydrogens is 360 g/mol. The van der Waals surface area contributed by atoms with E-state index in [1.54, 1.807) is 11.8 Å². The van der Waals surface area contributed by atoms with Crippen LogP contribution in [0, 0.1) is 6.92 Å². The Hall–Kier alpha value is -1.30. The van der Waals surface area contributed by atoms with Gasteiger partial charge in [-0.05, 0) is 42.3 Å². The molecule has 1 N–H and O–H groups in total. The van der Waals surface area contributed by atoms with Crippen LogP contribution in [0.4, 0.5) is 0 Å². The molecular formula is C17H17BrN2OS. The van der Waals surface area contributed by atoms with Crippen LogP contribution in [0.5, 0.6) is 0 Å². The monoisotopic (exact) mass is 376 g/mol. The van der Waals surface area contributed by atoms with Crippen molar-refractivity contribution in [2.45, 2.75) is 18.2 Å². The Morgan fingerprint density at radius 3 is 2.68 bits per heavy atom. The van der Waals surface area contributed by atoms with Crippen LogP contribution in [0.25, 0.3) is 11.0 Å². The van der Waals surface area contributed by atoms with Gasteiger partial charge < -0.3 is 9.67 Å². The van der Waals surface area contributed by atoms with E-state index in [1.807, 2.05) is 31.3 Å². The van der Waals surface area contributed by atoms with E-state index in [0.717, 1.165) is 26.2 Å². The predicted octanol–water partition coefficient (Wildman–Crippen LogP) is 4.47. The Balaban J connectivity index is 1.76. The van der Waals surface area contributed by atoms with Crippen molar-refractivity contribution in [3.05, 3.63) is 58.1 Å². The Morgan fingerprint density at radius 1 is 1.23 bits per heavy atom. The second-order valence-corrected chi connectivity index (χ2v) is 7.23. The van der Waals surface area contributed by atoms with Crippen LogP contribution >= 0.6 is 27.7 Å². The normalized spacial score (nSPS) is 12.7. The van der Waals surface area contributed by atoms with E-state index in [9.17, 15) is 5.11 Å². The summed E-state index contributed by atoms with van der Waals surface area (Å²) in [5.41, 5.74) is 4.25. The van der Waals surface area contributed by atoms with E-state index in [-0.39, 0.29) is 0 Å². The zero-order chi connectivity index (χ0) is 15.7. The number of halogens is 1. The number of thioether (sulfide) groups is 1. The van der Waals surface area contributed by atoms with Gasteiger partial charge in [-0.25, -0.2) is 4.98 Å². The van der Waals surface area contributed by atoms with Gasteiger partial charge in [0.25, 0.3) is 0 Å². The predicted molar refractivity (Wildman–Crippen MR) is 95.3 cm³/mol. The van der Waals surface area contributed by atoms with Gasteiger partial charge in [-0.2, -0.15) is 0 Å². The number of aryl methyl sites for hydroxylation is 2. The largest absolute Gasteiger partial charge is 0.388 e. The molecule has 0 saturated carbocycles. The molecule has 3 rings (SSSR count). The third kappa shape index (κ3) is 3.21. The van der Waals surface area contributed by atoms with E-state index >= 15 is 0 Å². The minimum absolute atomic E-state index is 0.500. The number of hydrogen-bond donors (Lipinski definition) is 1. The highest BCUT2D eigenvalue weighted by molar-refractivity contribution is 9.10. The Morgan fingerprint density at radius 2 is 1.95 bits per heavy atom. The number of fused-ring (bicyclic) bond motifs is 1. The molecule has 1 heterocycles. The van der Waals surface area contributed by atoms with Crippen LogP contribution in [-0.4, -0.2) is 20.4 Å². The molecule has 0 aliphatic rings. The molecule has 5 heteroatoms. The van der Waals surface area contributed by atoms with Crippen LogP contribution in [0.3, 0.4) is 0 Å². The van der Waals surface area contributed by atoms with Crippen molar-refractivity contribution >= 4 is 38.7 Å². The average molecular weight is 377 g/mol. The van der Waals surface area contributed by atoms with Crippen molar-refractivity contribution < 1.29 is 5.11 Å². The van der Waals surface area contributed by atoms with E-state index in [4.69, 9.17) is 0 Å². The molecule has 1 aromatic heterocycles. The van der Waals surface area contributed by atoms with Crippen molar-refractivity contribution in [1.29, 1.82) is 0 Å². The molecule has 0 aliphatic carbocycles. The summed E-state index contributed by atoms with van der Waals surface area (Å²) in [5, 5.41) is 11.2. The lowest BCUT2D eigenvalue weighted by atomic mass is 10.1. The first-order valence-corrected chi connectivity index (χ1v) is 8.82. The SMILES string of the molecule is Cc1ccc2c(c1)nc(SC[C@@H](O)c1ccc(Br)cc1)n2C. The second-order valence-electron chi connectivity index (χ2n) is 5.32. The first kappa shape index (κ1) is 15.6. The molecule has 2 aromatic carbocycles. The van der Waals surface area contributed by atoms with E-state index in [2.05, 4.69) is 50.6 Å². The van der Waals surface area contributed by atoms with Crippen LogP contribution in [0.15, 0.2) is 52.1 Å². The number of nitrogens with zero attached hydrogens (tertiary/aromatic N) is 2. The van der Waals surface area contributed by atoms with Crippen molar-refractivity contribution in [2.75, 3.05) is 5.75 Å². The van der Waals surface area contributed by atoms with Crippen molar-refractivity contribution in [2.24, 2.45) is 7.05 Å². The van der Waals surface area contributed by atoms with E-state index in [0.29, 0.717) is 5.75 Å². The maximum absolute atomic E-state index is 10.3. The average Bonchev–Trinajstić information content (AvgIpc) is 2.81. The number of rotatable bonds is 4. The number of imidazole rings is 1. The van der Waals surface area contributed by atoms with Crippen LogP contribution < -0.4 is 0 Å². The fourth-order valence-corrected chi connectivity index (χ4v) is 3.57. The molecule has 0 unspecified atom stereocenters. The summed E-state index contributed by atoms with van der Waals surface area (Å²) in [6.45, 7) is 2.07. The van der Waals surface area contributed by atoms with Gasteiger partial charge in [0.2, 0.25) is 0 Å². The highest BCUT2D eigenvalue weighted by Crippen LogP contribution is 2.27. The lowest BCUT2D eigenvalue weighted by Gasteiger charge is -2.10. The molecule has 0 bridgehead atoms. The Labute approximate surface area is 142 Å².